The number of nitrogens with one attached hydrogen (secondary N) is 1. The summed E-state index contributed by atoms with van der Waals surface area (Å²) >= 11 is 0. The number of carbonyl (C=O) groups excluding carboxylic acids is 1. The predicted octanol–water partition coefficient (Wildman–Crippen LogP) is 1.49. The normalized spacial score (nSPS) is 18.2. The number of likely N-dealkylation sites (tertiary alicyclic amines) is 1. The summed E-state index contributed by atoms with van der Waals surface area (Å²) < 4.78 is 0. The van der Waals surface area contributed by atoms with Crippen LogP contribution in [0.1, 0.15) is 40.6 Å². The topological polar surface area (TPSA) is 79.0 Å². The van der Waals surface area contributed by atoms with Crippen LogP contribution in [0.25, 0.3) is 0 Å². The van der Waals surface area contributed by atoms with E-state index in [1.165, 1.54) is 6.07 Å². The molecule has 0 bridgehead atoms. The highest BCUT2D eigenvalue weighted by atomic mass is 16.2. The van der Waals surface area contributed by atoms with Crippen molar-refractivity contribution in [1.82, 2.24) is 19.9 Å². The van der Waals surface area contributed by atoms with E-state index in [0.717, 1.165) is 19.4 Å². The first-order valence-corrected chi connectivity index (χ1v) is 7.40. The van der Waals surface area contributed by atoms with Gasteiger partial charge in [0.1, 0.15) is 5.82 Å². The van der Waals surface area contributed by atoms with Gasteiger partial charge in [0.15, 0.2) is 0 Å². The van der Waals surface area contributed by atoms with Gasteiger partial charge in [-0.3, -0.25) is 14.6 Å². The number of rotatable bonds is 2. The zero-order valence-corrected chi connectivity index (χ0v) is 12.5. The summed E-state index contributed by atoms with van der Waals surface area (Å²) in [7, 11) is 0. The van der Waals surface area contributed by atoms with Crippen LogP contribution in [0.5, 0.6) is 0 Å². The first kappa shape index (κ1) is 14.4. The quantitative estimate of drug-likeness (QED) is 0.911. The first-order valence-electron chi connectivity index (χ1n) is 7.40. The highest BCUT2D eigenvalue weighted by Crippen LogP contribution is 2.25. The number of nitrogens with zero attached hydrogens (tertiary/aromatic N) is 3. The lowest BCUT2D eigenvalue weighted by atomic mass is 9.96. The number of aryl methyl sites for hydroxylation is 1. The van der Waals surface area contributed by atoms with Crippen LogP contribution >= 0.6 is 0 Å². The average molecular weight is 298 g/mol. The van der Waals surface area contributed by atoms with E-state index in [2.05, 4.69) is 15.0 Å². The van der Waals surface area contributed by atoms with Crippen LogP contribution in [-0.4, -0.2) is 38.8 Å². The van der Waals surface area contributed by atoms with Crippen molar-refractivity contribution < 1.29 is 4.79 Å². The van der Waals surface area contributed by atoms with Gasteiger partial charge in [-0.15, -0.1) is 0 Å². The van der Waals surface area contributed by atoms with Crippen LogP contribution in [0, 0.1) is 6.92 Å². The second-order valence-corrected chi connectivity index (χ2v) is 5.60. The van der Waals surface area contributed by atoms with E-state index in [-0.39, 0.29) is 17.4 Å². The molecule has 3 rings (SSSR count). The van der Waals surface area contributed by atoms with Crippen molar-refractivity contribution >= 4 is 5.91 Å². The fraction of sp³-hybridized carbons (Fsp3) is 0.375. The van der Waals surface area contributed by atoms with Crippen LogP contribution in [0.15, 0.2) is 35.4 Å². The lowest BCUT2D eigenvalue weighted by Gasteiger charge is -2.32. The molecule has 6 nitrogen and oxygen atoms in total. The molecule has 0 saturated carbocycles. The first-order chi connectivity index (χ1) is 10.6. The Balaban J connectivity index is 1.79. The smallest absolute Gasteiger partial charge is 0.255 e. The van der Waals surface area contributed by atoms with Crippen LogP contribution in [-0.2, 0) is 0 Å². The third-order valence-electron chi connectivity index (χ3n) is 3.89. The minimum Gasteiger partial charge on any atom is -0.338 e. The zero-order valence-electron chi connectivity index (χ0n) is 12.5. The molecule has 1 fully saturated rings. The monoisotopic (exact) mass is 298 g/mol. The Morgan fingerprint density at radius 2 is 2.32 bits per heavy atom. The molecule has 22 heavy (non-hydrogen) atoms. The summed E-state index contributed by atoms with van der Waals surface area (Å²) in [6.07, 6.45) is 5.05. The molecule has 1 saturated heterocycles. The Kier molecular flexibility index (Phi) is 4.00. The minimum atomic E-state index is -0.141. The molecule has 2 aromatic heterocycles. The molecule has 1 N–H and O–H groups in total. The van der Waals surface area contributed by atoms with Gasteiger partial charge in [0.05, 0.1) is 5.56 Å². The van der Waals surface area contributed by atoms with Crippen molar-refractivity contribution in [1.29, 1.82) is 0 Å². The highest BCUT2D eigenvalue weighted by Gasteiger charge is 2.27. The fourth-order valence-electron chi connectivity index (χ4n) is 2.85. The summed E-state index contributed by atoms with van der Waals surface area (Å²) in [6.45, 7) is 3.10. The number of pyridine rings is 1. The number of carbonyl (C=O) groups is 1. The Morgan fingerprint density at radius 1 is 1.45 bits per heavy atom. The summed E-state index contributed by atoms with van der Waals surface area (Å²) in [6, 6.07) is 5.00. The summed E-state index contributed by atoms with van der Waals surface area (Å²) in [5, 5.41) is 0. The number of amides is 1. The summed E-state index contributed by atoms with van der Waals surface area (Å²) in [4.78, 5) is 37.1. The molecule has 1 atom stereocenters. The Morgan fingerprint density at radius 3 is 3.05 bits per heavy atom. The molecule has 0 spiro atoms. The molecular weight excluding hydrogens is 280 g/mol. The van der Waals surface area contributed by atoms with E-state index in [4.69, 9.17) is 0 Å². The van der Waals surface area contributed by atoms with Gasteiger partial charge in [0.2, 0.25) is 0 Å². The second kappa shape index (κ2) is 6.09. The van der Waals surface area contributed by atoms with E-state index in [1.54, 1.807) is 31.5 Å². The molecule has 1 aliphatic rings. The van der Waals surface area contributed by atoms with Gasteiger partial charge in [-0.2, -0.15) is 0 Å². The SMILES string of the molecule is Cc1cc(=O)[nH]c([C@@H]2CCCN(C(=O)c3cccnc3)C2)n1. The largest absolute Gasteiger partial charge is 0.338 e. The molecule has 2 aromatic rings. The molecule has 1 amide bonds. The lowest BCUT2D eigenvalue weighted by Crippen LogP contribution is -2.40. The molecule has 0 unspecified atom stereocenters. The van der Waals surface area contributed by atoms with Crippen LogP contribution < -0.4 is 5.56 Å². The number of hydrogen-bond acceptors (Lipinski definition) is 4. The minimum absolute atomic E-state index is 0.0206. The highest BCUT2D eigenvalue weighted by molar-refractivity contribution is 5.93. The molecule has 6 heteroatoms. The molecule has 114 valence electrons. The van der Waals surface area contributed by atoms with Crippen LogP contribution in [0.4, 0.5) is 0 Å². The van der Waals surface area contributed by atoms with Crippen molar-refractivity contribution in [2.24, 2.45) is 0 Å². The van der Waals surface area contributed by atoms with Gasteiger partial charge >= 0.3 is 0 Å². The number of H-pyrrole nitrogens is 1. The van der Waals surface area contributed by atoms with E-state index >= 15 is 0 Å². The maximum absolute atomic E-state index is 12.5. The van der Waals surface area contributed by atoms with Gasteiger partial charge in [-0.1, -0.05) is 0 Å². The van der Waals surface area contributed by atoms with E-state index in [0.29, 0.717) is 23.6 Å². The maximum Gasteiger partial charge on any atom is 0.255 e. The van der Waals surface area contributed by atoms with E-state index in [1.807, 2.05) is 4.90 Å². The van der Waals surface area contributed by atoms with Gasteiger partial charge in [-0.25, -0.2) is 4.98 Å². The van der Waals surface area contributed by atoms with Gasteiger partial charge < -0.3 is 9.88 Å². The van der Waals surface area contributed by atoms with Crippen molar-refractivity contribution in [2.45, 2.75) is 25.7 Å². The van der Waals surface area contributed by atoms with E-state index in [9.17, 15) is 9.59 Å². The van der Waals surface area contributed by atoms with Crippen molar-refractivity contribution in [3.05, 3.63) is 58.0 Å². The molecule has 3 heterocycles. The summed E-state index contributed by atoms with van der Waals surface area (Å²) in [5.41, 5.74) is 1.15. The third kappa shape index (κ3) is 3.05. The standard InChI is InChI=1S/C16H18N4O2/c1-11-8-14(21)19-15(18-11)13-5-3-7-20(10-13)16(22)12-4-2-6-17-9-12/h2,4,6,8-9,13H,3,5,7,10H2,1H3,(H,18,19,21)/t13-/m1/s1. The third-order valence-corrected chi connectivity index (χ3v) is 3.89. The molecule has 1 aliphatic heterocycles. The average Bonchev–Trinajstić information content (AvgIpc) is 2.54. The number of hydrogen-bond donors (Lipinski definition) is 1. The summed E-state index contributed by atoms with van der Waals surface area (Å²) in [5.74, 6) is 0.725. The van der Waals surface area contributed by atoms with Gasteiger partial charge in [-0.05, 0) is 31.9 Å². The Bertz CT molecular complexity index is 726. The maximum atomic E-state index is 12.5. The van der Waals surface area contributed by atoms with Crippen LogP contribution in [0.2, 0.25) is 0 Å². The van der Waals surface area contributed by atoms with Gasteiger partial charge in [0.25, 0.3) is 11.5 Å². The van der Waals surface area contributed by atoms with Crippen LogP contribution in [0.3, 0.4) is 0 Å². The zero-order chi connectivity index (χ0) is 15.5. The van der Waals surface area contributed by atoms with Crippen molar-refractivity contribution in [3.63, 3.8) is 0 Å². The Hall–Kier alpha value is -2.50. The predicted molar refractivity (Wildman–Crippen MR) is 81.7 cm³/mol. The fourth-order valence-corrected chi connectivity index (χ4v) is 2.85. The second-order valence-electron chi connectivity index (χ2n) is 5.60. The number of piperidine rings is 1. The number of aromatic amines is 1. The molecule has 0 radical (unpaired) electrons. The van der Waals surface area contributed by atoms with Gasteiger partial charge in [0, 0.05) is 43.2 Å². The molecular formula is C16H18N4O2. The van der Waals surface area contributed by atoms with Crippen molar-refractivity contribution in [3.8, 4) is 0 Å². The van der Waals surface area contributed by atoms with E-state index < -0.39 is 0 Å². The molecule has 0 aromatic carbocycles. The van der Waals surface area contributed by atoms with Crippen molar-refractivity contribution in [2.75, 3.05) is 13.1 Å². The Labute approximate surface area is 128 Å². The number of aromatic nitrogens is 3. The lowest BCUT2D eigenvalue weighted by molar-refractivity contribution is 0.0704. The molecule has 0 aliphatic carbocycles.